The molecule has 2 aromatic rings. The average molecular weight is 319 g/mol. The van der Waals surface area contributed by atoms with Crippen molar-refractivity contribution in [2.24, 2.45) is 0 Å². The number of rotatable bonds is 5. The van der Waals surface area contributed by atoms with Gasteiger partial charge in [-0.2, -0.15) is 4.98 Å². The molecule has 0 spiro atoms. The molecule has 2 rings (SSSR count). The van der Waals surface area contributed by atoms with Crippen molar-refractivity contribution in [2.45, 2.75) is 0 Å². The molecule has 1 aromatic carbocycles. The van der Waals surface area contributed by atoms with Crippen LogP contribution < -0.4 is 15.0 Å². The molecule has 0 atom stereocenters. The van der Waals surface area contributed by atoms with E-state index in [0.29, 0.717) is 17.1 Å². The fourth-order valence-corrected chi connectivity index (χ4v) is 1.82. The lowest BCUT2D eigenvalue weighted by Crippen LogP contribution is -2.14. The SMILES string of the molecule is COc1cc(/C=C\c2nc(O)c([N+](=O)[O-])c(=O)[nH]2)cc(OC)c1. The highest BCUT2D eigenvalue weighted by molar-refractivity contribution is 5.68. The predicted octanol–water partition coefficient (Wildman–Crippen LogP) is 1.57. The molecule has 0 amide bonds. The van der Waals surface area contributed by atoms with Gasteiger partial charge in [-0.05, 0) is 23.8 Å². The fourth-order valence-electron chi connectivity index (χ4n) is 1.82. The van der Waals surface area contributed by atoms with Crippen LogP contribution in [0.3, 0.4) is 0 Å². The van der Waals surface area contributed by atoms with E-state index in [0.717, 1.165) is 0 Å². The molecule has 120 valence electrons. The Hall–Kier alpha value is -3.36. The van der Waals surface area contributed by atoms with Gasteiger partial charge in [0.15, 0.2) is 0 Å². The molecule has 1 heterocycles. The minimum Gasteiger partial charge on any atom is -0.497 e. The van der Waals surface area contributed by atoms with Gasteiger partial charge in [0.25, 0.3) is 5.88 Å². The summed E-state index contributed by atoms with van der Waals surface area (Å²) in [6, 6.07) is 5.11. The lowest BCUT2D eigenvalue weighted by atomic mass is 10.2. The van der Waals surface area contributed by atoms with Crippen LogP contribution in [0.4, 0.5) is 5.69 Å². The number of aromatic hydroxyl groups is 1. The lowest BCUT2D eigenvalue weighted by molar-refractivity contribution is -0.387. The third kappa shape index (κ3) is 3.64. The van der Waals surface area contributed by atoms with E-state index in [1.807, 2.05) is 0 Å². The molecule has 0 bridgehead atoms. The zero-order valence-corrected chi connectivity index (χ0v) is 12.3. The molecule has 9 nitrogen and oxygen atoms in total. The molecule has 1 aromatic heterocycles. The van der Waals surface area contributed by atoms with Gasteiger partial charge in [0.2, 0.25) is 0 Å². The Morgan fingerprint density at radius 3 is 2.30 bits per heavy atom. The Kier molecular flexibility index (Phi) is 4.60. The molecule has 2 N–H and O–H groups in total. The molecule has 0 fully saturated rings. The minimum absolute atomic E-state index is 0.0279. The molecule has 0 aliphatic rings. The normalized spacial score (nSPS) is 10.7. The van der Waals surface area contributed by atoms with E-state index in [2.05, 4.69) is 9.97 Å². The number of nitrogens with zero attached hydrogens (tertiary/aromatic N) is 2. The van der Waals surface area contributed by atoms with E-state index >= 15 is 0 Å². The molecule has 0 aliphatic heterocycles. The zero-order valence-electron chi connectivity index (χ0n) is 12.3. The maximum Gasteiger partial charge on any atom is 0.395 e. The molecule has 0 radical (unpaired) electrons. The summed E-state index contributed by atoms with van der Waals surface area (Å²) in [5.74, 6) is 0.163. The number of aromatic amines is 1. The Balaban J connectivity index is 2.37. The first kappa shape index (κ1) is 16.0. The summed E-state index contributed by atoms with van der Waals surface area (Å²) < 4.78 is 10.3. The standard InChI is InChI=1S/C14H13N3O6/c1-22-9-5-8(6-10(7-9)23-2)3-4-11-15-13(18)12(17(20)21)14(19)16-11/h3-7H,1-2H3,(H2,15,16,18,19)/b4-3-. The van der Waals surface area contributed by atoms with E-state index in [1.54, 1.807) is 24.3 Å². The third-order valence-electron chi connectivity index (χ3n) is 2.88. The molecule has 9 heteroatoms. The second-order valence-electron chi connectivity index (χ2n) is 4.36. The summed E-state index contributed by atoms with van der Waals surface area (Å²) in [5, 5.41) is 20.1. The zero-order chi connectivity index (χ0) is 17.0. The van der Waals surface area contributed by atoms with Gasteiger partial charge in [-0.25, -0.2) is 0 Å². The number of H-pyrrole nitrogens is 1. The lowest BCUT2D eigenvalue weighted by Gasteiger charge is -2.05. The smallest absolute Gasteiger partial charge is 0.395 e. The molecule has 23 heavy (non-hydrogen) atoms. The number of methoxy groups -OCH3 is 2. The summed E-state index contributed by atoms with van der Waals surface area (Å²) in [7, 11) is 3.02. The van der Waals surface area contributed by atoms with E-state index in [-0.39, 0.29) is 5.82 Å². The van der Waals surface area contributed by atoms with E-state index in [1.165, 1.54) is 20.3 Å². The summed E-state index contributed by atoms with van der Waals surface area (Å²) in [4.78, 5) is 26.9. The van der Waals surface area contributed by atoms with Crippen molar-refractivity contribution in [2.75, 3.05) is 14.2 Å². The van der Waals surface area contributed by atoms with Crippen LogP contribution in [0.2, 0.25) is 0 Å². The van der Waals surface area contributed by atoms with Gasteiger partial charge in [-0.1, -0.05) is 6.08 Å². The molecule has 0 aliphatic carbocycles. The number of hydrogen-bond acceptors (Lipinski definition) is 7. The van der Waals surface area contributed by atoms with Crippen molar-refractivity contribution >= 4 is 17.8 Å². The van der Waals surface area contributed by atoms with Crippen LogP contribution in [-0.4, -0.2) is 34.2 Å². The second-order valence-corrected chi connectivity index (χ2v) is 4.36. The van der Waals surface area contributed by atoms with Crippen molar-refractivity contribution < 1.29 is 19.5 Å². The number of hydrogen-bond donors (Lipinski definition) is 2. The number of nitrogens with one attached hydrogen (secondary N) is 1. The minimum atomic E-state index is -1.04. The van der Waals surface area contributed by atoms with Crippen molar-refractivity contribution in [3.63, 3.8) is 0 Å². The summed E-state index contributed by atoms with van der Waals surface area (Å²) in [6.45, 7) is 0. The van der Waals surface area contributed by atoms with Crippen molar-refractivity contribution in [1.29, 1.82) is 0 Å². The fraction of sp³-hybridized carbons (Fsp3) is 0.143. The number of ether oxygens (including phenoxy) is 2. The van der Waals surface area contributed by atoms with Crippen LogP contribution in [0.5, 0.6) is 17.4 Å². The first-order valence-electron chi connectivity index (χ1n) is 6.33. The van der Waals surface area contributed by atoms with Crippen LogP contribution in [0.15, 0.2) is 23.0 Å². The average Bonchev–Trinajstić information content (AvgIpc) is 2.51. The molecular weight excluding hydrogens is 306 g/mol. The highest BCUT2D eigenvalue weighted by Crippen LogP contribution is 2.24. The van der Waals surface area contributed by atoms with E-state index < -0.39 is 22.0 Å². The topological polar surface area (TPSA) is 128 Å². The summed E-state index contributed by atoms with van der Waals surface area (Å²) >= 11 is 0. The van der Waals surface area contributed by atoms with Gasteiger partial charge in [-0.3, -0.25) is 14.9 Å². The van der Waals surface area contributed by atoms with Crippen LogP contribution >= 0.6 is 0 Å². The Bertz CT molecular complexity index is 805. The predicted molar refractivity (Wildman–Crippen MR) is 81.7 cm³/mol. The number of benzene rings is 1. The van der Waals surface area contributed by atoms with Gasteiger partial charge < -0.3 is 19.6 Å². The van der Waals surface area contributed by atoms with Gasteiger partial charge in [-0.15, -0.1) is 0 Å². The largest absolute Gasteiger partial charge is 0.497 e. The molecule has 0 saturated carbocycles. The Labute approximate surface area is 130 Å². The van der Waals surface area contributed by atoms with Crippen LogP contribution in [-0.2, 0) is 0 Å². The molecular formula is C14H13N3O6. The Morgan fingerprint density at radius 2 is 1.83 bits per heavy atom. The maximum atomic E-state index is 11.5. The van der Waals surface area contributed by atoms with E-state index in [4.69, 9.17) is 9.47 Å². The van der Waals surface area contributed by atoms with Crippen molar-refractivity contribution in [1.82, 2.24) is 9.97 Å². The number of nitro groups is 1. The monoisotopic (exact) mass is 319 g/mol. The van der Waals surface area contributed by atoms with Crippen LogP contribution in [0, 0.1) is 10.1 Å². The first-order valence-corrected chi connectivity index (χ1v) is 6.33. The van der Waals surface area contributed by atoms with Gasteiger partial charge in [0, 0.05) is 6.07 Å². The Morgan fingerprint density at radius 1 is 1.22 bits per heavy atom. The molecule has 0 unspecified atom stereocenters. The van der Waals surface area contributed by atoms with Gasteiger partial charge in [0.1, 0.15) is 17.3 Å². The highest BCUT2D eigenvalue weighted by Gasteiger charge is 2.21. The van der Waals surface area contributed by atoms with E-state index in [9.17, 15) is 20.0 Å². The summed E-state index contributed by atoms with van der Waals surface area (Å²) in [6.07, 6.45) is 2.97. The van der Waals surface area contributed by atoms with Crippen molar-refractivity contribution in [3.8, 4) is 17.4 Å². The second kappa shape index (κ2) is 6.60. The van der Waals surface area contributed by atoms with Crippen molar-refractivity contribution in [3.05, 3.63) is 50.1 Å². The van der Waals surface area contributed by atoms with Crippen LogP contribution in [0.25, 0.3) is 12.2 Å². The quantitative estimate of drug-likeness (QED) is 0.632. The van der Waals surface area contributed by atoms with Crippen LogP contribution in [0.1, 0.15) is 11.4 Å². The van der Waals surface area contributed by atoms with Gasteiger partial charge >= 0.3 is 11.2 Å². The van der Waals surface area contributed by atoms with Gasteiger partial charge in [0.05, 0.1) is 19.1 Å². The highest BCUT2D eigenvalue weighted by atomic mass is 16.6. The molecule has 0 saturated heterocycles. The maximum absolute atomic E-state index is 11.5. The number of aromatic nitrogens is 2. The third-order valence-corrected chi connectivity index (χ3v) is 2.88. The first-order chi connectivity index (χ1) is 10.9. The summed E-state index contributed by atoms with van der Waals surface area (Å²) in [5.41, 5.74) is -1.35.